The first-order valence-corrected chi connectivity index (χ1v) is 9.83. The Morgan fingerprint density at radius 1 is 1.11 bits per heavy atom. The van der Waals surface area contributed by atoms with E-state index in [2.05, 4.69) is 15.4 Å². The number of anilines is 1. The van der Waals surface area contributed by atoms with Crippen LogP contribution >= 0.6 is 12.4 Å². The monoisotopic (exact) mass is 413 g/mol. The number of carbonyl (C=O) groups excluding carboxylic acids is 1. The van der Waals surface area contributed by atoms with Gasteiger partial charge in [0.2, 0.25) is 0 Å². The number of piperidine rings is 1. The molecule has 1 atom stereocenters. The van der Waals surface area contributed by atoms with Gasteiger partial charge in [-0.05, 0) is 55.8 Å². The molecule has 1 fully saturated rings. The summed E-state index contributed by atoms with van der Waals surface area (Å²) in [5.41, 5.74) is 0.250. The second-order valence-electron chi connectivity index (χ2n) is 6.13. The summed E-state index contributed by atoms with van der Waals surface area (Å²) in [7, 11) is -3.94. The summed E-state index contributed by atoms with van der Waals surface area (Å²) < 4.78 is 40.6. The number of para-hydroxylation sites is 1. The van der Waals surface area contributed by atoms with Crippen molar-refractivity contribution < 1.29 is 17.6 Å². The quantitative estimate of drug-likeness (QED) is 0.703. The Morgan fingerprint density at radius 3 is 2.44 bits per heavy atom. The maximum Gasteiger partial charge on any atom is 0.261 e. The van der Waals surface area contributed by atoms with E-state index in [9.17, 15) is 17.6 Å². The molecule has 2 aromatic carbocycles. The van der Waals surface area contributed by atoms with Crippen molar-refractivity contribution in [1.82, 2.24) is 10.6 Å². The molecule has 1 saturated heterocycles. The van der Waals surface area contributed by atoms with Gasteiger partial charge in [-0.2, -0.15) is 0 Å². The molecule has 0 saturated carbocycles. The van der Waals surface area contributed by atoms with Crippen LogP contribution in [-0.2, 0) is 10.0 Å². The third-order valence-electron chi connectivity index (χ3n) is 4.18. The standard InChI is InChI=1S/C18H20FN3O3S.ClH/c19-16-5-1-2-6-17(16)22-26(24,25)15-9-7-13(8-10-15)18(23)21-14-4-3-11-20-12-14;/h1-2,5-10,14,20,22H,3-4,11-12H2,(H,21,23);1H. The van der Waals surface area contributed by atoms with Crippen LogP contribution in [0.5, 0.6) is 0 Å². The van der Waals surface area contributed by atoms with E-state index in [0.29, 0.717) is 5.56 Å². The van der Waals surface area contributed by atoms with Crippen molar-refractivity contribution in [3.8, 4) is 0 Å². The first-order chi connectivity index (χ1) is 12.5. The fraction of sp³-hybridized carbons (Fsp3) is 0.278. The zero-order chi connectivity index (χ0) is 18.6. The summed E-state index contributed by atoms with van der Waals surface area (Å²) in [5, 5.41) is 6.14. The van der Waals surface area contributed by atoms with Crippen LogP contribution in [0.4, 0.5) is 10.1 Å². The molecule has 146 valence electrons. The Kier molecular flexibility index (Phi) is 7.18. The van der Waals surface area contributed by atoms with Crippen molar-refractivity contribution in [3.63, 3.8) is 0 Å². The van der Waals surface area contributed by atoms with Crippen molar-refractivity contribution in [2.75, 3.05) is 17.8 Å². The number of amides is 1. The van der Waals surface area contributed by atoms with Gasteiger partial charge in [0.1, 0.15) is 5.82 Å². The smallest absolute Gasteiger partial charge is 0.261 e. The molecule has 1 unspecified atom stereocenters. The number of sulfonamides is 1. The van der Waals surface area contributed by atoms with Gasteiger partial charge in [0.15, 0.2) is 0 Å². The van der Waals surface area contributed by atoms with Gasteiger partial charge >= 0.3 is 0 Å². The van der Waals surface area contributed by atoms with E-state index in [0.717, 1.165) is 25.9 Å². The zero-order valence-corrected chi connectivity index (χ0v) is 16.1. The number of hydrogen-bond donors (Lipinski definition) is 3. The molecule has 0 aromatic heterocycles. The van der Waals surface area contributed by atoms with Crippen LogP contribution in [-0.4, -0.2) is 33.5 Å². The maximum absolute atomic E-state index is 13.6. The molecular weight excluding hydrogens is 393 g/mol. The number of hydrogen-bond acceptors (Lipinski definition) is 4. The Hall–Kier alpha value is -2.16. The van der Waals surface area contributed by atoms with Gasteiger partial charge in [-0.3, -0.25) is 9.52 Å². The van der Waals surface area contributed by atoms with Crippen LogP contribution in [0.1, 0.15) is 23.2 Å². The van der Waals surface area contributed by atoms with Crippen LogP contribution in [0.3, 0.4) is 0 Å². The first kappa shape index (κ1) is 21.1. The SMILES string of the molecule is Cl.O=C(NC1CCCNC1)c1ccc(S(=O)(=O)Nc2ccccc2F)cc1. The number of nitrogens with one attached hydrogen (secondary N) is 3. The molecular formula is C18H21ClFN3O3S. The fourth-order valence-corrected chi connectivity index (χ4v) is 3.84. The van der Waals surface area contributed by atoms with Gasteiger partial charge in [0, 0.05) is 18.2 Å². The number of benzene rings is 2. The van der Waals surface area contributed by atoms with Crippen molar-refractivity contribution in [2.45, 2.75) is 23.8 Å². The summed E-state index contributed by atoms with van der Waals surface area (Å²) in [5.74, 6) is -0.905. The van der Waals surface area contributed by atoms with E-state index in [1.165, 1.54) is 48.5 Å². The van der Waals surface area contributed by atoms with Gasteiger partial charge < -0.3 is 10.6 Å². The molecule has 0 spiro atoms. The lowest BCUT2D eigenvalue weighted by atomic mass is 10.1. The second-order valence-corrected chi connectivity index (χ2v) is 7.81. The van der Waals surface area contributed by atoms with E-state index in [4.69, 9.17) is 0 Å². The lowest BCUT2D eigenvalue weighted by molar-refractivity contribution is 0.0930. The van der Waals surface area contributed by atoms with E-state index in [-0.39, 0.29) is 34.9 Å². The molecule has 0 radical (unpaired) electrons. The van der Waals surface area contributed by atoms with Gasteiger partial charge in [-0.25, -0.2) is 12.8 Å². The summed E-state index contributed by atoms with van der Waals surface area (Å²) in [4.78, 5) is 12.2. The lowest BCUT2D eigenvalue weighted by Gasteiger charge is -2.23. The number of carbonyl (C=O) groups is 1. The van der Waals surface area contributed by atoms with Crippen molar-refractivity contribution in [2.24, 2.45) is 0 Å². The maximum atomic E-state index is 13.6. The molecule has 1 heterocycles. The Morgan fingerprint density at radius 2 is 1.81 bits per heavy atom. The molecule has 3 rings (SSSR count). The third kappa shape index (κ3) is 5.41. The summed E-state index contributed by atoms with van der Waals surface area (Å²) in [6, 6.07) is 11.1. The molecule has 0 aliphatic carbocycles. The highest BCUT2D eigenvalue weighted by Gasteiger charge is 2.19. The van der Waals surface area contributed by atoms with Crippen LogP contribution in [0, 0.1) is 5.82 Å². The molecule has 3 N–H and O–H groups in total. The van der Waals surface area contributed by atoms with Crippen LogP contribution in [0.25, 0.3) is 0 Å². The Bertz CT molecular complexity index is 885. The van der Waals surface area contributed by atoms with Crippen molar-refractivity contribution in [3.05, 3.63) is 59.9 Å². The first-order valence-electron chi connectivity index (χ1n) is 8.35. The van der Waals surface area contributed by atoms with Crippen LogP contribution in [0.2, 0.25) is 0 Å². The highest BCUT2D eigenvalue weighted by Crippen LogP contribution is 2.19. The van der Waals surface area contributed by atoms with E-state index in [1.54, 1.807) is 0 Å². The Balaban J connectivity index is 0.00000261. The van der Waals surface area contributed by atoms with E-state index < -0.39 is 15.8 Å². The van der Waals surface area contributed by atoms with E-state index in [1.807, 2.05) is 0 Å². The average molecular weight is 414 g/mol. The number of rotatable bonds is 5. The molecule has 27 heavy (non-hydrogen) atoms. The van der Waals surface area contributed by atoms with Crippen molar-refractivity contribution in [1.29, 1.82) is 0 Å². The highest BCUT2D eigenvalue weighted by atomic mass is 35.5. The molecule has 0 bridgehead atoms. The fourth-order valence-electron chi connectivity index (χ4n) is 2.78. The zero-order valence-electron chi connectivity index (χ0n) is 14.4. The molecule has 1 aliphatic heterocycles. The minimum Gasteiger partial charge on any atom is -0.348 e. The molecule has 6 nitrogen and oxygen atoms in total. The van der Waals surface area contributed by atoms with Crippen molar-refractivity contribution >= 4 is 34.0 Å². The lowest BCUT2D eigenvalue weighted by Crippen LogP contribution is -2.45. The second kappa shape index (κ2) is 9.16. The molecule has 9 heteroatoms. The van der Waals surface area contributed by atoms with Gasteiger partial charge in [0.05, 0.1) is 10.6 Å². The largest absolute Gasteiger partial charge is 0.348 e. The Labute approximate surface area is 164 Å². The summed E-state index contributed by atoms with van der Waals surface area (Å²) >= 11 is 0. The predicted molar refractivity (Wildman–Crippen MR) is 104 cm³/mol. The van der Waals surface area contributed by atoms with Crippen LogP contribution in [0.15, 0.2) is 53.4 Å². The van der Waals surface area contributed by atoms with E-state index >= 15 is 0 Å². The topological polar surface area (TPSA) is 87.3 Å². The molecule has 1 amide bonds. The normalized spacial score (nSPS) is 16.9. The van der Waals surface area contributed by atoms with Crippen LogP contribution < -0.4 is 15.4 Å². The molecule has 1 aliphatic rings. The highest BCUT2D eigenvalue weighted by molar-refractivity contribution is 7.92. The minimum absolute atomic E-state index is 0. The third-order valence-corrected chi connectivity index (χ3v) is 5.56. The molecule has 2 aromatic rings. The van der Waals surface area contributed by atoms with Gasteiger partial charge in [0.25, 0.3) is 15.9 Å². The summed E-state index contributed by atoms with van der Waals surface area (Å²) in [6.45, 7) is 1.68. The predicted octanol–water partition coefficient (Wildman–Crippen LogP) is 2.53. The number of halogens is 2. The van der Waals surface area contributed by atoms with Gasteiger partial charge in [-0.15, -0.1) is 12.4 Å². The average Bonchev–Trinajstić information content (AvgIpc) is 2.64. The van der Waals surface area contributed by atoms with Gasteiger partial charge in [-0.1, -0.05) is 12.1 Å². The summed E-state index contributed by atoms with van der Waals surface area (Å²) in [6.07, 6.45) is 1.92. The minimum atomic E-state index is -3.94.